The quantitative estimate of drug-likeness (QED) is 0.423. The van der Waals surface area contributed by atoms with Gasteiger partial charge in [-0.05, 0) is 61.9 Å². The van der Waals surface area contributed by atoms with Gasteiger partial charge >= 0.3 is 11.9 Å². The monoisotopic (exact) mass is 403 g/mol. The molecule has 2 unspecified atom stereocenters. The summed E-state index contributed by atoms with van der Waals surface area (Å²) >= 11 is 0. The summed E-state index contributed by atoms with van der Waals surface area (Å²) in [7, 11) is 0. The fourth-order valence-electron chi connectivity index (χ4n) is 7.17. The number of carbonyl (C=O) groups excluding carboxylic acids is 2. The lowest BCUT2D eigenvalue weighted by atomic mass is 9.47. The normalized spacial score (nSPS) is 44.9. The van der Waals surface area contributed by atoms with E-state index in [1.165, 1.54) is 19.4 Å². The Labute approximate surface area is 172 Å². The van der Waals surface area contributed by atoms with Crippen molar-refractivity contribution < 1.29 is 24.3 Å². The van der Waals surface area contributed by atoms with Crippen LogP contribution in [0.5, 0.6) is 0 Å². The molecule has 0 radical (unpaired) electrons. The van der Waals surface area contributed by atoms with Crippen LogP contribution in [0.3, 0.4) is 0 Å². The highest BCUT2D eigenvalue weighted by Crippen LogP contribution is 2.64. The van der Waals surface area contributed by atoms with Gasteiger partial charge in [0, 0.05) is 31.6 Å². The summed E-state index contributed by atoms with van der Waals surface area (Å²) in [6, 6.07) is 0. The molecule has 0 aromatic carbocycles. The number of carbonyl (C=O) groups is 2. The van der Waals surface area contributed by atoms with Crippen molar-refractivity contribution in [2.45, 2.75) is 84.8 Å². The lowest BCUT2D eigenvalue weighted by Gasteiger charge is -2.57. The maximum Gasteiger partial charge on any atom is 0.302 e. The van der Waals surface area contributed by atoms with E-state index in [1.807, 2.05) is 0 Å². The Morgan fingerprint density at radius 3 is 2.41 bits per heavy atom. The van der Waals surface area contributed by atoms with Gasteiger partial charge < -0.3 is 14.7 Å². The number of ether oxygens (including phenoxy) is 2. The third kappa shape index (κ3) is 3.19. The second-order valence-corrected chi connectivity index (χ2v) is 10.0. The Balaban J connectivity index is 1.66. The second-order valence-electron chi connectivity index (χ2n) is 10.0. The summed E-state index contributed by atoms with van der Waals surface area (Å²) in [6.07, 6.45) is 8.42. The summed E-state index contributed by atoms with van der Waals surface area (Å²) in [4.78, 5) is 23.1. The Morgan fingerprint density at radius 2 is 1.76 bits per heavy atom. The molecule has 7 atom stereocenters. The largest absolute Gasteiger partial charge is 0.462 e. The minimum atomic E-state index is -0.236. The predicted octanol–water partition coefficient (Wildman–Crippen LogP) is 4.25. The summed E-state index contributed by atoms with van der Waals surface area (Å²) in [5.74, 6) is 0.480. The minimum absolute atomic E-state index is 0.0381. The number of rotatable bonds is 2. The van der Waals surface area contributed by atoms with Crippen LogP contribution < -0.4 is 0 Å². The van der Waals surface area contributed by atoms with Gasteiger partial charge in [0.05, 0.1) is 5.71 Å². The van der Waals surface area contributed by atoms with Crippen molar-refractivity contribution >= 4 is 17.7 Å². The third-order valence-corrected chi connectivity index (χ3v) is 8.59. The SMILES string of the molecule is CC(=O)OC1CC[C@@]2(C)C(=CC(=NO)[C@@H]3[C@H]2CC[C@]2(C)C(OC(C)=O)CC[C@@H]32)C1. The first-order valence-corrected chi connectivity index (χ1v) is 11.0. The van der Waals surface area contributed by atoms with Crippen LogP contribution in [0, 0.1) is 28.6 Å². The molecule has 3 fully saturated rings. The Bertz CT molecular complexity index is 773. The van der Waals surface area contributed by atoms with Crippen LogP contribution in [0.4, 0.5) is 0 Å². The molecule has 0 bridgehead atoms. The predicted molar refractivity (Wildman–Crippen MR) is 107 cm³/mol. The standard InChI is InChI=1S/C23H33NO5/c1-13(25)28-16-7-9-22(3)15(11-16)12-19(24-27)21-17-5-6-20(29-14(2)26)23(17,4)10-8-18(21)22/h12,16-18,20-21,27H,5-11H2,1-4H3/t16?,17-,18+,20?,21-,22-,23-/m0/s1. The topological polar surface area (TPSA) is 85.2 Å². The molecule has 1 N–H and O–H groups in total. The molecule has 3 saturated carbocycles. The minimum Gasteiger partial charge on any atom is -0.462 e. The number of hydrogen-bond donors (Lipinski definition) is 1. The van der Waals surface area contributed by atoms with Crippen molar-refractivity contribution in [1.29, 1.82) is 0 Å². The Hall–Kier alpha value is -1.85. The van der Waals surface area contributed by atoms with Gasteiger partial charge in [0.25, 0.3) is 0 Å². The number of hydrogen-bond acceptors (Lipinski definition) is 6. The fourth-order valence-corrected chi connectivity index (χ4v) is 7.17. The molecule has 4 aliphatic rings. The molecule has 4 aliphatic carbocycles. The van der Waals surface area contributed by atoms with Crippen LogP contribution in [0.15, 0.2) is 16.8 Å². The van der Waals surface area contributed by atoms with Gasteiger partial charge in [0.1, 0.15) is 12.2 Å². The molecule has 4 rings (SSSR count). The first kappa shape index (κ1) is 20.4. The zero-order chi connectivity index (χ0) is 21.0. The highest BCUT2D eigenvalue weighted by Gasteiger charge is 2.61. The maximum atomic E-state index is 11.6. The van der Waals surface area contributed by atoms with E-state index in [9.17, 15) is 14.8 Å². The van der Waals surface area contributed by atoms with Crippen LogP contribution in [-0.4, -0.2) is 35.1 Å². The smallest absolute Gasteiger partial charge is 0.302 e. The van der Waals surface area contributed by atoms with E-state index in [2.05, 4.69) is 25.1 Å². The van der Waals surface area contributed by atoms with Gasteiger partial charge in [-0.3, -0.25) is 9.59 Å². The number of esters is 2. The first-order chi connectivity index (χ1) is 13.7. The Kier molecular flexibility index (Phi) is 5.02. The van der Waals surface area contributed by atoms with Gasteiger partial charge in [0.2, 0.25) is 0 Å². The third-order valence-electron chi connectivity index (χ3n) is 8.59. The second kappa shape index (κ2) is 7.13. The molecule has 6 heteroatoms. The van der Waals surface area contributed by atoms with Crippen LogP contribution in [0.25, 0.3) is 0 Å². The van der Waals surface area contributed by atoms with Crippen LogP contribution in [0.1, 0.15) is 72.6 Å². The number of fused-ring (bicyclic) bond motifs is 5. The molecule has 0 spiro atoms. The van der Waals surface area contributed by atoms with E-state index in [4.69, 9.17) is 9.47 Å². The highest BCUT2D eigenvalue weighted by atomic mass is 16.5. The van der Waals surface area contributed by atoms with Crippen molar-refractivity contribution in [1.82, 2.24) is 0 Å². The lowest BCUT2D eigenvalue weighted by Crippen LogP contribution is -2.54. The van der Waals surface area contributed by atoms with Gasteiger partial charge in [-0.2, -0.15) is 0 Å². The number of allylic oxidation sites excluding steroid dienone is 1. The molecule has 29 heavy (non-hydrogen) atoms. The van der Waals surface area contributed by atoms with Gasteiger partial charge in [-0.25, -0.2) is 0 Å². The molecule has 0 amide bonds. The molecule has 0 aromatic heterocycles. The molecule has 0 saturated heterocycles. The molecular formula is C23H33NO5. The Morgan fingerprint density at radius 1 is 1.03 bits per heavy atom. The van der Waals surface area contributed by atoms with E-state index >= 15 is 0 Å². The van der Waals surface area contributed by atoms with Crippen LogP contribution in [-0.2, 0) is 19.1 Å². The van der Waals surface area contributed by atoms with Crippen molar-refractivity contribution in [3.63, 3.8) is 0 Å². The van der Waals surface area contributed by atoms with Crippen molar-refractivity contribution in [3.8, 4) is 0 Å². The van der Waals surface area contributed by atoms with E-state index in [0.29, 0.717) is 11.8 Å². The first-order valence-electron chi connectivity index (χ1n) is 11.0. The fraction of sp³-hybridized carbons (Fsp3) is 0.783. The van der Waals surface area contributed by atoms with E-state index < -0.39 is 0 Å². The number of nitrogens with zero attached hydrogens (tertiary/aromatic N) is 1. The van der Waals surface area contributed by atoms with Gasteiger partial charge in [-0.1, -0.05) is 24.6 Å². The van der Waals surface area contributed by atoms with Crippen LogP contribution >= 0.6 is 0 Å². The van der Waals surface area contributed by atoms with Crippen molar-refractivity contribution in [2.24, 2.45) is 33.7 Å². The van der Waals surface area contributed by atoms with E-state index in [0.717, 1.165) is 50.7 Å². The zero-order valence-corrected chi connectivity index (χ0v) is 17.9. The maximum absolute atomic E-state index is 11.6. The summed E-state index contributed by atoms with van der Waals surface area (Å²) in [5.41, 5.74) is 1.98. The molecular weight excluding hydrogens is 370 g/mol. The molecule has 160 valence electrons. The van der Waals surface area contributed by atoms with Gasteiger partial charge in [-0.15, -0.1) is 0 Å². The van der Waals surface area contributed by atoms with Crippen LogP contribution in [0.2, 0.25) is 0 Å². The van der Waals surface area contributed by atoms with Crippen molar-refractivity contribution in [3.05, 3.63) is 11.6 Å². The molecule has 0 aromatic rings. The summed E-state index contributed by atoms with van der Waals surface area (Å²) in [5, 5.41) is 13.6. The summed E-state index contributed by atoms with van der Waals surface area (Å²) < 4.78 is 11.2. The van der Waals surface area contributed by atoms with Crippen molar-refractivity contribution in [2.75, 3.05) is 0 Å². The molecule has 0 heterocycles. The lowest BCUT2D eigenvalue weighted by molar-refractivity contribution is -0.155. The highest BCUT2D eigenvalue weighted by molar-refractivity contribution is 5.99. The average Bonchev–Trinajstić information content (AvgIpc) is 2.97. The average molecular weight is 404 g/mol. The number of oxime groups is 1. The molecule has 6 nitrogen and oxygen atoms in total. The van der Waals surface area contributed by atoms with Gasteiger partial charge in [0.15, 0.2) is 0 Å². The molecule has 0 aliphatic heterocycles. The van der Waals surface area contributed by atoms with E-state index in [-0.39, 0.29) is 40.9 Å². The van der Waals surface area contributed by atoms with E-state index in [1.54, 1.807) is 0 Å². The zero-order valence-electron chi connectivity index (χ0n) is 17.9. The summed E-state index contributed by atoms with van der Waals surface area (Å²) in [6.45, 7) is 7.54.